The molecule has 0 saturated carbocycles. The fraction of sp³-hybridized carbons (Fsp3) is 0.467. The van der Waals surface area contributed by atoms with Crippen molar-refractivity contribution in [3.05, 3.63) is 0 Å². The Bertz CT molecular complexity index is 1250. The molecular weight excluding hydrogens is 519 g/mol. The summed E-state index contributed by atoms with van der Waals surface area (Å²) in [5.41, 5.74) is 0. The molecule has 0 aromatic rings. The van der Waals surface area contributed by atoms with Crippen molar-refractivity contribution in [2.45, 2.75) is 83.8 Å². The number of phosphoric acid groups is 1. The van der Waals surface area contributed by atoms with Crippen LogP contribution in [0.15, 0.2) is 0 Å². The van der Waals surface area contributed by atoms with Crippen molar-refractivity contribution in [2.24, 2.45) is 0 Å². The van der Waals surface area contributed by atoms with Crippen LogP contribution < -0.4 is 0 Å². The van der Waals surface area contributed by atoms with Crippen LogP contribution in [0.25, 0.3) is 0 Å². The van der Waals surface area contributed by atoms with E-state index in [0.717, 1.165) is 25.7 Å². The summed E-state index contributed by atoms with van der Waals surface area (Å²) in [6, 6.07) is 0. The third-order valence-corrected chi connectivity index (χ3v) is 4.96. The molecular formula is C30H31O8P. The fourth-order valence-corrected chi connectivity index (χ4v) is 3.08. The minimum Gasteiger partial charge on any atom is -0.422 e. The van der Waals surface area contributed by atoms with Crippen molar-refractivity contribution in [1.29, 1.82) is 0 Å². The number of hydrogen-bond donors (Lipinski definition) is 2. The molecule has 0 heterocycles. The Kier molecular flexibility index (Phi) is 21.8. The van der Waals surface area contributed by atoms with Gasteiger partial charge in [-0.05, 0) is 77.5 Å². The number of esters is 2. The summed E-state index contributed by atoms with van der Waals surface area (Å²) in [4.78, 5) is 41.8. The lowest BCUT2D eigenvalue weighted by Crippen LogP contribution is -2.28. The molecule has 0 bridgehead atoms. The third kappa shape index (κ3) is 26.8. The molecule has 8 nitrogen and oxygen atoms in total. The zero-order valence-electron chi connectivity index (χ0n) is 21.9. The average Bonchev–Trinajstić information content (AvgIpc) is 2.88. The van der Waals surface area contributed by atoms with Crippen LogP contribution in [0, 0.1) is 83.4 Å². The Morgan fingerprint density at radius 1 is 0.718 bits per heavy atom. The summed E-state index contributed by atoms with van der Waals surface area (Å²) in [5.74, 6) is 28.0. The topological polar surface area (TPSA) is 119 Å². The first-order chi connectivity index (χ1) is 18.8. The number of unbranched alkanes of at least 4 members (excludes halogenated alkanes) is 9. The smallest absolute Gasteiger partial charge is 0.422 e. The third-order valence-electron chi connectivity index (χ3n) is 4.48. The molecule has 0 unspecified atom stereocenters. The van der Waals surface area contributed by atoms with Gasteiger partial charge in [0.15, 0.2) is 0 Å². The van der Waals surface area contributed by atoms with E-state index in [1.54, 1.807) is 0 Å². The molecule has 0 aromatic carbocycles. The number of phosphoric ester groups is 1. The second-order valence-electron chi connectivity index (χ2n) is 7.69. The van der Waals surface area contributed by atoms with Crippen LogP contribution in [0.5, 0.6) is 0 Å². The number of hydrogen-bond acceptors (Lipinski definition) is 6. The summed E-state index contributed by atoms with van der Waals surface area (Å²) in [5, 5.41) is 0. The first kappa shape index (κ1) is 35.0. The minimum atomic E-state index is -4.89. The molecule has 39 heavy (non-hydrogen) atoms. The van der Waals surface area contributed by atoms with Crippen LogP contribution in [-0.4, -0.2) is 34.6 Å². The van der Waals surface area contributed by atoms with Gasteiger partial charge in [-0.25, -0.2) is 9.36 Å². The second-order valence-corrected chi connectivity index (χ2v) is 8.93. The maximum absolute atomic E-state index is 12.1. The Morgan fingerprint density at radius 2 is 1.18 bits per heavy atom. The largest absolute Gasteiger partial charge is 0.469 e. The van der Waals surface area contributed by atoms with Gasteiger partial charge in [-0.15, -0.1) is 6.42 Å². The Labute approximate surface area is 231 Å². The number of rotatable bonds is 16. The van der Waals surface area contributed by atoms with Gasteiger partial charge in [0.05, 0.1) is 0 Å². The van der Waals surface area contributed by atoms with Crippen molar-refractivity contribution in [2.75, 3.05) is 6.61 Å². The molecule has 1 atom stereocenters. The van der Waals surface area contributed by atoms with Gasteiger partial charge in [-0.1, -0.05) is 64.7 Å². The maximum Gasteiger partial charge on any atom is 0.469 e. The van der Waals surface area contributed by atoms with Gasteiger partial charge in [-0.2, -0.15) is 0 Å². The van der Waals surface area contributed by atoms with Crippen LogP contribution in [0.3, 0.4) is 0 Å². The van der Waals surface area contributed by atoms with Gasteiger partial charge >= 0.3 is 19.8 Å². The van der Waals surface area contributed by atoms with Crippen LogP contribution in [0.2, 0.25) is 0 Å². The molecule has 0 amide bonds. The normalized spacial score (nSPS) is 9.69. The maximum atomic E-state index is 12.1. The van der Waals surface area contributed by atoms with E-state index in [4.69, 9.17) is 25.7 Å². The van der Waals surface area contributed by atoms with Gasteiger partial charge in [0.1, 0.15) is 6.61 Å². The summed E-state index contributed by atoms with van der Waals surface area (Å²) >= 11 is 0. The SMILES string of the molecule is C#CC#CC#CC#CC#CC#CC#CC(=O)O[C@H](COP(=O)(O)O)OC(=O)CCCCCCCCCCCC. The summed E-state index contributed by atoms with van der Waals surface area (Å²) < 4.78 is 25.1. The van der Waals surface area contributed by atoms with Crippen molar-refractivity contribution in [3.8, 4) is 83.4 Å². The van der Waals surface area contributed by atoms with Crippen LogP contribution in [0.4, 0.5) is 0 Å². The molecule has 0 rings (SSSR count). The highest BCUT2D eigenvalue weighted by Gasteiger charge is 2.24. The van der Waals surface area contributed by atoms with E-state index in [1.807, 2.05) is 5.92 Å². The van der Waals surface area contributed by atoms with E-state index in [9.17, 15) is 14.2 Å². The van der Waals surface area contributed by atoms with Gasteiger partial charge in [0.2, 0.25) is 0 Å². The van der Waals surface area contributed by atoms with Crippen LogP contribution in [0.1, 0.15) is 77.6 Å². The summed E-state index contributed by atoms with van der Waals surface area (Å²) in [6.07, 6.45) is 14.2. The molecule has 0 radical (unpaired) electrons. The average molecular weight is 551 g/mol. The predicted octanol–water partition coefficient (Wildman–Crippen LogP) is 3.47. The van der Waals surface area contributed by atoms with Crippen molar-refractivity contribution < 1.29 is 37.9 Å². The zero-order chi connectivity index (χ0) is 29.0. The fourth-order valence-electron chi connectivity index (χ4n) is 2.76. The molecule has 0 saturated heterocycles. The van der Waals surface area contributed by atoms with Gasteiger partial charge in [0.25, 0.3) is 6.29 Å². The second kappa shape index (κ2) is 24.3. The van der Waals surface area contributed by atoms with Crippen molar-refractivity contribution >= 4 is 19.8 Å². The lowest BCUT2D eigenvalue weighted by atomic mass is 10.1. The molecule has 0 aliphatic carbocycles. The van der Waals surface area contributed by atoms with Crippen molar-refractivity contribution in [1.82, 2.24) is 0 Å². The first-order valence-corrected chi connectivity index (χ1v) is 13.9. The van der Waals surface area contributed by atoms with Crippen LogP contribution in [-0.2, 0) is 28.2 Å². The Morgan fingerprint density at radius 3 is 1.67 bits per heavy atom. The minimum absolute atomic E-state index is 0.0586. The highest BCUT2D eigenvalue weighted by molar-refractivity contribution is 7.46. The molecule has 0 aliphatic rings. The standard InChI is InChI=1S/C30H31O8P/c1-3-5-7-9-11-13-15-16-18-20-22-24-26-29(32)38-30(27-36-39(33,34)35)37-28(31)25-23-21-19-17-14-12-10-8-6-4-2/h1,30H,4,6,8,10,12,14,17,19,21,23,25,27H2,2H3,(H2,33,34,35)/t30-/m1/s1. The van der Waals surface area contributed by atoms with E-state index in [0.29, 0.717) is 6.42 Å². The van der Waals surface area contributed by atoms with Crippen LogP contribution >= 0.6 is 7.82 Å². The molecule has 2 N–H and O–H groups in total. The Balaban J connectivity index is 4.61. The lowest BCUT2D eigenvalue weighted by molar-refractivity contribution is -0.189. The molecule has 0 fully saturated rings. The van der Waals surface area contributed by atoms with E-state index < -0.39 is 32.7 Å². The van der Waals surface area contributed by atoms with Gasteiger partial charge < -0.3 is 19.3 Å². The van der Waals surface area contributed by atoms with E-state index in [1.165, 1.54) is 32.1 Å². The molecule has 0 aliphatic heterocycles. The monoisotopic (exact) mass is 550 g/mol. The molecule has 0 aromatic heterocycles. The van der Waals surface area contributed by atoms with Crippen molar-refractivity contribution in [3.63, 3.8) is 0 Å². The first-order valence-electron chi connectivity index (χ1n) is 12.3. The van der Waals surface area contributed by atoms with E-state index >= 15 is 0 Å². The molecule has 204 valence electrons. The zero-order valence-corrected chi connectivity index (χ0v) is 22.8. The lowest BCUT2D eigenvalue weighted by Gasteiger charge is -2.17. The van der Waals surface area contributed by atoms with E-state index in [-0.39, 0.29) is 6.42 Å². The molecule has 9 heteroatoms. The highest BCUT2D eigenvalue weighted by atomic mass is 31.2. The predicted molar refractivity (Wildman–Crippen MR) is 146 cm³/mol. The van der Waals surface area contributed by atoms with Gasteiger partial charge in [0, 0.05) is 12.3 Å². The number of carbonyl (C=O) groups excluding carboxylic acids is 2. The summed E-state index contributed by atoms with van der Waals surface area (Å²) in [6.45, 7) is 1.32. The number of ether oxygens (including phenoxy) is 2. The summed E-state index contributed by atoms with van der Waals surface area (Å²) in [7, 11) is -4.89. The number of terminal acetylenes is 1. The number of carbonyl (C=O) groups is 2. The van der Waals surface area contributed by atoms with Gasteiger partial charge in [-0.3, -0.25) is 9.32 Å². The Hall–Kier alpha value is -4.03. The quantitative estimate of drug-likeness (QED) is 0.0749. The highest BCUT2D eigenvalue weighted by Crippen LogP contribution is 2.36. The van der Waals surface area contributed by atoms with E-state index in [2.05, 4.69) is 82.5 Å². The molecule has 0 spiro atoms.